The molecule has 0 aliphatic carbocycles. The molecule has 1 atom stereocenters. The van der Waals surface area contributed by atoms with Gasteiger partial charge in [-0.1, -0.05) is 48.6 Å². The molecule has 30 heavy (non-hydrogen) atoms. The fraction of sp³-hybridized carbons (Fsp3) is 0.417. The lowest BCUT2D eigenvalue weighted by molar-refractivity contribution is -0.118. The Bertz CT molecular complexity index is 993. The molecule has 2 aromatic carbocycles. The van der Waals surface area contributed by atoms with Crippen molar-refractivity contribution in [2.45, 2.75) is 45.6 Å². The van der Waals surface area contributed by atoms with Crippen LogP contribution < -0.4 is 9.64 Å². The first kappa shape index (κ1) is 20.8. The molecule has 0 radical (unpaired) electrons. The van der Waals surface area contributed by atoms with E-state index in [-0.39, 0.29) is 12.0 Å². The van der Waals surface area contributed by atoms with E-state index in [1.807, 2.05) is 42.2 Å². The maximum Gasteiger partial charge on any atom is 0.233 e. The Morgan fingerprint density at radius 1 is 1.20 bits per heavy atom. The normalized spacial score (nSPS) is 16.1. The Hall–Kier alpha value is -2.44. The molecule has 0 saturated carbocycles. The zero-order chi connectivity index (χ0) is 20.9. The highest BCUT2D eigenvalue weighted by atomic mass is 32.1. The maximum absolute atomic E-state index is 13.3. The van der Waals surface area contributed by atoms with Crippen molar-refractivity contribution < 1.29 is 14.3 Å². The molecular weight excluding hydrogens is 396 g/mol. The Kier molecular flexibility index (Phi) is 6.65. The van der Waals surface area contributed by atoms with Gasteiger partial charge in [0.05, 0.1) is 30.4 Å². The van der Waals surface area contributed by atoms with Gasteiger partial charge < -0.3 is 9.47 Å². The quantitative estimate of drug-likeness (QED) is 0.510. The number of thiazole rings is 1. The fourth-order valence-corrected chi connectivity index (χ4v) is 4.75. The minimum absolute atomic E-state index is 0.0479. The molecule has 3 aromatic rings. The van der Waals surface area contributed by atoms with Crippen LogP contribution in [0.25, 0.3) is 10.2 Å². The molecular formula is C24H28N2O3S. The number of fused-ring (bicyclic) bond motifs is 1. The summed E-state index contributed by atoms with van der Waals surface area (Å²) in [6.07, 6.45) is 3.43. The van der Waals surface area contributed by atoms with Gasteiger partial charge >= 0.3 is 0 Å². The maximum atomic E-state index is 13.3. The third-order valence-electron chi connectivity index (χ3n) is 5.40. The zero-order valence-corrected chi connectivity index (χ0v) is 18.4. The van der Waals surface area contributed by atoms with E-state index in [4.69, 9.17) is 14.5 Å². The van der Waals surface area contributed by atoms with E-state index in [0.717, 1.165) is 47.4 Å². The van der Waals surface area contributed by atoms with E-state index in [9.17, 15) is 4.79 Å². The van der Waals surface area contributed by atoms with Gasteiger partial charge in [-0.2, -0.15) is 0 Å². The lowest BCUT2D eigenvalue weighted by atomic mass is 10.1. The largest absolute Gasteiger partial charge is 0.492 e. The van der Waals surface area contributed by atoms with E-state index in [1.165, 1.54) is 16.9 Å². The number of carbonyl (C=O) groups is 1. The summed E-state index contributed by atoms with van der Waals surface area (Å²) in [6, 6.07) is 14.2. The predicted octanol–water partition coefficient (Wildman–Crippen LogP) is 5.01. The summed E-state index contributed by atoms with van der Waals surface area (Å²) in [5, 5.41) is 0.711. The van der Waals surface area contributed by atoms with Crippen LogP contribution in [0.4, 0.5) is 5.13 Å². The van der Waals surface area contributed by atoms with Crippen LogP contribution in [0.3, 0.4) is 0 Å². The van der Waals surface area contributed by atoms with Crippen molar-refractivity contribution in [3.8, 4) is 5.75 Å². The lowest BCUT2D eigenvalue weighted by Gasteiger charge is -2.23. The number of aryl methyl sites for hydroxylation is 1. The van der Waals surface area contributed by atoms with Gasteiger partial charge in [0.15, 0.2) is 5.13 Å². The Labute approximate surface area is 181 Å². The van der Waals surface area contributed by atoms with Crippen LogP contribution in [-0.2, 0) is 22.4 Å². The summed E-state index contributed by atoms with van der Waals surface area (Å²) in [5.41, 5.74) is 3.11. The van der Waals surface area contributed by atoms with Gasteiger partial charge in [-0.25, -0.2) is 4.98 Å². The SMILES string of the molecule is CCOc1cccc2sc(N(CC3CCCO3)C(=O)Cc3ccc(CC)cc3)nc12. The number of para-hydroxylation sites is 1. The van der Waals surface area contributed by atoms with Gasteiger partial charge in [0, 0.05) is 6.61 Å². The van der Waals surface area contributed by atoms with Gasteiger partial charge in [-0.3, -0.25) is 9.69 Å². The van der Waals surface area contributed by atoms with Crippen LogP contribution in [0.15, 0.2) is 42.5 Å². The lowest BCUT2D eigenvalue weighted by Crippen LogP contribution is -2.38. The second kappa shape index (κ2) is 9.58. The Balaban J connectivity index is 1.62. The Morgan fingerprint density at radius 2 is 2.00 bits per heavy atom. The van der Waals surface area contributed by atoms with E-state index in [2.05, 4.69) is 19.1 Å². The standard InChI is InChI=1S/C24H28N2O3S/c1-3-17-10-12-18(13-11-17)15-22(27)26(16-19-7-6-14-29-19)24-25-23-20(28-4-2)8-5-9-21(23)30-24/h5,8-13,19H,3-4,6-7,14-16H2,1-2H3. The molecule has 1 fully saturated rings. The van der Waals surface area contributed by atoms with Crippen molar-refractivity contribution in [1.29, 1.82) is 0 Å². The smallest absolute Gasteiger partial charge is 0.233 e. The van der Waals surface area contributed by atoms with Crippen LogP contribution in [0.5, 0.6) is 5.75 Å². The highest BCUT2D eigenvalue weighted by Gasteiger charge is 2.26. The van der Waals surface area contributed by atoms with Gasteiger partial charge in [-0.15, -0.1) is 0 Å². The van der Waals surface area contributed by atoms with Gasteiger partial charge in [0.2, 0.25) is 5.91 Å². The minimum atomic E-state index is 0.0479. The summed E-state index contributed by atoms with van der Waals surface area (Å²) in [4.78, 5) is 20.0. The number of ether oxygens (including phenoxy) is 2. The number of rotatable bonds is 8. The number of aromatic nitrogens is 1. The highest BCUT2D eigenvalue weighted by molar-refractivity contribution is 7.22. The van der Waals surface area contributed by atoms with Gasteiger partial charge in [0.25, 0.3) is 0 Å². The molecule has 1 aromatic heterocycles. The van der Waals surface area contributed by atoms with Gasteiger partial charge in [-0.05, 0) is 49.4 Å². The van der Waals surface area contributed by atoms with Crippen LogP contribution >= 0.6 is 11.3 Å². The number of hydrogen-bond donors (Lipinski definition) is 0. The topological polar surface area (TPSA) is 51.7 Å². The van der Waals surface area contributed by atoms with Crippen molar-refractivity contribution in [1.82, 2.24) is 4.98 Å². The van der Waals surface area contributed by atoms with Crippen molar-refractivity contribution in [2.24, 2.45) is 0 Å². The van der Waals surface area contributed by atoms with E-state index >= 15 is 0 Å². The first-order valence-electron chi connectivity index (χ1n) is 10.7. The van der Waals surface area contributed by atoms with Crippen LogP contribution in [0.1, 0.15) is 37.8 Å². The first-order chi connectivity index (χ1) is 14.7. The zero-order valence-electron chi connectivity index (χ0n) is 17.6. The Morgan fingerprint density at radius 3 is 2.70 bits per heavy atom. The average molecular weight is 425 g/mol. The number of carbonyl (C=O) groups excluding carboxylic acids is 1. The molecule has 5 nitrogen and oxygen atoms in total. The van der Waals surface area contributed by atoms with Crippen LogP contribution in [0.2, 0.25) is 0 Å². The van der Waals surface area contributed by atoms with E-state index in [0.29, 0.717) is 24.7 Å². The second-order valence-electron chi connectivity index (χ2n) is 7.52. The number of nitrogens with zero attached hydrogens (tertiary/aromatic N) is 2. The van der Waals surface area contributed by atoms with Crippen LogP contribution in [0, 0.1) is 0 Å². The molecule has 1 amide bonds. The molecule has 1 aliphatic heterocycles. The van der Waals surface area contributed by atoms with Gasteiger partial charge in [0.1, 0.15) is 11.3 Å². The third kappa shape index (κ3) is 4.65. The summed E-state index contributed by atoms with van der Waals surface area (Å²) < 4.78 is 12.6. The number of benzene rings is 2. The van der Waals surface area contributed by atoms with E-state index < -0.39 is 0 Å². The van der Waals surface area contributed by atoms with Crippen molar-refractivity contribution >= 4 is 32.6 Å². The molecule has 6 heteroatoms. The van der Waals surface area contributed by atoms with Crippen molar-refractivity contribution in [2.75, 3.05) is 24.7 Å². The molecule has 0 N–H and O–H groups in total. The summed E-state index contributed by atoms with van der Waals surface area (Å²) in [6.45, 7) is 5.98. The van der Waals surface area contributed by atoms with E-state index in [1.54, 1.807) is 0 Å². The minimum Gasteiger partial charge on any atom is -0.492 e. The molecule has 158 valence electrons. The predicted molar refractivity (Wildman–Crippen MR) is 122 cm³/mol. The highest BCUT2D eigenvalue weighted by Crippen LogP contribution is 2.35. The van der Waals surface area contributed by atoms with Crippen LogP contribution in [-0.4, -0.2) is 36.8 Å². The molecule has 0 spiro atoms. The number of amides is 1. The average Bonchev–Trinajstić information content (AvgIpc) is 3.43. The van der Waals surface area contributed by atoms with Crippen molar-refractivity contribution in [3.63, 3.8) is 0 Å². The molecule has 0 bridgehead atoms. The number of hydrogen-bond acceptors (Lipinski definition) is 5. The summed E-state index contributed by atoms with van der Waals surface area (Å²) in [5.74, 6) is 0.809. The van der Waals surface area contributed by atoms with Crippen molar-refractivity contribution in [3.05, 3.63) is 53.6 Å². The summed E-state index contributed by atoms with van der Waals surface area (Å²) >= 11 is 1.53. The molecule has 1 aliphatic rings. The first-order valence-corrected chi connectivity index (χ1v) is 11.5. The molecule has 4 rings (SSSR count). The molecule has 1 unspecified atom stereocenters. The number of anilines is 1. The summed E-state index contributed by atoms with van der Waals surface area (Å²) in [7, 11) is 0. The third-order valence-corrected chi connectivity index (χ3v) is 6.44. The monoisotopic (exact) mass is 424 g/mol. The molecule has 1 saturated heterocycles. The fourth-order valence-electron chi connectivity index (χ4n) is 3.74. The second-order valence-corrected chi connectivity index (χ2v) is 8.53. The molecule has 2 heterocycles.